The van der Waals surface area contributed by atoms with Crippen molar-refractivity contribution in [1.82, 2.24) is 0 Å². The lowest BCUT2D eigenvalue weighted by Crippen LogP contribution is -2.06. The SMILES string of the molecule is Cc1c(Cl)ccc(O)c1C(C)CCN. The summed E-state index contributed by atoms with van der Waals surface area (Å²) >= 11 is 5.99. The van der Waals surface area contributed by atoms with Gasteiger partial charge in [0.05, 0.1) is 0 Å². The largest absolute Gasteiger partial charge is 0.508 e. The number of nitrogens with two attached hydrogens (primary N) is 1. The summed E-state index contributed by atoms with van der Waals surface area (Å²) in [7, 11) is 0. The first-order valence-corrected chi connectivity index (χ1v) is 5.13. The highest BCUT2D eigenvalue weighted by Gasteiger charge is 2.14. The van der Waals surface area contributed by atoms with Crippen LogP contribution in [0.5, 0.6) is 5.75 Å². The molecule has 1 aromatic rings. The molecule has 1 unspecified atom stereocenters. The number of phenolic OH excluding ortho intramolecular Hbond substituents is 1. The van der Waals surface area contributed by atoms with Gasteiger partial charge >= 0.3 is 0 Å². The molecule has 0 heterocycles. The van der Waals surface area contributed by atoms with Gasteiger partial charge in [-0.25, -0.2) is 0 Å². The first kappa shape index (κ1) is 11.3. The van der Waals surface area contributed by atoms with Crippen molar-refractivity contribution in [1.29, 1.82) is 0 Å². The minimum absolute atomic E-state index is 0.249. The number of phenols is 1. The number of halogens is 1. The van der Waals surface area contributed by atoms with Gasteiger partial charge in [0.1, 0.15) is 5.75 Å². The zero-order chi connectivity index (χ0) is 10.7. The van der Waals surface area contributed by atoms with Gasteiger partial charge in [0.25, 0.3) is 0 Å². The Morgan fingerprint density at radius 1 is 1.50 bits per heavy atom. The van der Waals surface area contributed by atoms with Crippen LogP contribution in [0.3, 0.4) is 0 Å². The maximum atomic E-state index is 9.71. The fourth-order valence-electron chi connectivity index (χ4n) is 1.70. The van der Waals surface area contributed by atoms with Crippen LogP contribution in [0.1, 0.15) is 30.4 Å². The Labute approximate surface area is 89.7 Å². The van der Waals surface area contributed by atoms with Crippen molar-refractivity contribution in [2.45, 2.75) is 26.2 Å². The van der Waals surface area contributed by atoms with Gasteiger partial charge in [-0.3, -0.25) is 0 Å². The van der Waals surface area contributed by atoms with E-state index >= 15 is 0 Å². The van der Waals surface area contributed by atoms with Crippen molar-refractivity contribution in [2.75, 3.05) is 6.54 Å². The second-order valence-corrected chi connectivity index (χ2v) is 3.99. The van der Waals surface area contributed by atoms with E-state index in [-0.39, 0.29) is 5.92 Å². The second-order valence-electron chi connectivity index (χ2n) is 3.58. The minimum atomic E-state index is 0.249. The number of aromatic hydroxyl groups is 1. The highest BCUT2D eigenvalue weighted by atomic mass is 35.5. The Hall–Kier alpha value is -0.730. The van der Waals surface area contributed by atoms with Gasteiger partial charge in [0, 0.05) is 10.6 Å². The van der Waals surface area contributed by atoms with E-state index < -0.39 is 0 Å². The summed E-state index contributed by atoms with van der Waals surface area (Å²) < 4.78 is 0. The molecule has 0 bridgehead atoms. The van der Waals surface area contributed by atoms with Crippen molar-refractivity contribution >= 4 is 11.6 Å². The molecule has 0 saturated heterocycles. The summed E-state index contributed by atoms with van der Waals surface area (Å²) in [6, 6.07) is 3.35. The molecule has 0 radical (unpaired) electrons. The topological polar surface area (TPSA) is 46.2 Å². The Morgan fingerprint density at radius 2 is 2.14 bits per heavy atom. The van der Waals surface area contributed by atoms with Crippen molar-refractivity contribution in [3.63, 3.8) is 0 Å². The smallest absolute Gasteiger partial charge is 0.119 e. The molecule has 0 aliphatic heterocycles. The van der Waals surface area contributed by atoms with E-state index in [9.17, 15) is 5.11 Å². The van der Waals surface area contributed by atoms with Crippen LogP contribution in [0.25, 0.3) is 0 Å². The molecule has 0 aliphatic rings. The summed E-state index contributed by atoms with van der Waals surface area (Å²) in [5.41, 5.74) is 7.36. The molecule has 78 valence electrons. The zero-order valence-electron chi connectivity index (χ0n) is 8.55. The minimum Gasteiger partial charge on any atom is -0.508 e. The Kier molecular flexibility index (Phi) is 3.78. The molecule has 0 aliphatic carbocycles. The van der Waals surface area contributed by atoms with Crippen LogP contribution in [-0.2, 0) is 0 Å². The highest BCUT2D eigenvalue weighted by Crippen LogP contribution is 2.34. The van der Waals surface area contributed by atoms with Gasteiger partial charge in [-0.15, -0.1) is 0 Å². The standard InChI is InChI=1S/C11H16ClNO/c1-7(5-6-13)11-8(2)9(12)3-4-10(11)14/h3-4,7,14H,5-6,13H2,1-2H3. The molecule has 0 amide bonds. The number of benzene rings is 1. The van der Waals surface area contributed by atoms with E-state index in [1.165, 1.54) is 0 Å². The maximum Gasteiger partial charge on any atom is 0.119 e. The zero-order valence-corrected chi connectivity index (χ0v) is 9.30. The Balaban J connectivity index is 3.11. The Morgan fingerprint density at radius 3 is 2.71 bits per heavy atom. The third-order valence-electron chi connectivity index (χ3n) is 2.52. The molecule has 0 saturated carbocycles. The van der Waals surface area contributed by atoms with E-state index in [2.05, 4.69) is 0 Å². The van der Waals surface area contributed by atoms with Gasteiger partial charge in [0.15, 0.2) is 0 Å². The number of hydrogen-bond acceptors (Lipinski definition) is 2. The van der Waals surface area contributed by atoms with Gasteiger partial charge in [-0.1, -0.05) is 18.5 Å². The molecular weight excluding hydrogens is 198 g/mol. The van der Waals surface area contributed by atoms with Crippen LogP contribution >= 0.6 is 11.6 Å². The first-order chi connectivity index (χ1) is 6.57. The Bertz CT molecular complexity index is 325. The van der Waals surface area contributed by atoms with E-state index in [0.717, 1.165) is 17.5 Å². The quantitative estimate of drug-likeness (QED) is 0.811. The van der Waals surface area contributed by atoms with E-state index in [1.54, 1.807) is 12.1 Å². The average molecular weight is 214 g/mol. The highest BCUT2D eigenvalue weighted by molar-refractivity contribution is 6.31. The first-order valence-electron chi connectivity index (χ1n) is 4.76. The van der Waals surface area contributed by atoms with Crippen molar-refractivity contribution in [3.8, 4) is 5.75 Å². The lowest BCUT2D eigenvalue weighted by molar-refractivity contribution is 0.460. The maximum absolute atomic E-state index is 9.71. The van der Waals surface area contributed by atoms with Crippen molar-refractivity contribution in [2.24, 2.45) is 5.73 Å². The molecule has 0 aromatic heterocycles. The van der Waals surface area contributed by atoms with Crippen molar-refractivity contribution in [3.05, 3.63) is 28.3 Å². The molecule has 14 heavy (non-hydrogen) atoms. The van der Waals surface area contributed by atoms with Crippen molar-refractivity contribution < 1.29 is 5.11 Å². The molecule has 3 heteroatoms. The molecule has 0 spiro atoms. The van der Waals surface area contributed by atoms with Gasteiger partial charge in [-0.05, 0) is 43.5 Å². The molecule has 1 aromatic carbocycles. The number of rotatable bonds is 3. The molecule has 1 rings (SSSR count). The van der Waals surface area contributed by atoms with Crippen LogP contribution < -0.4 is 5.73 Å². The van der Waals surface area contributed by atoms with E-state index in [0.29, 0.717) is 17.3 Å². The average Bonchev–Trinajstić information content (AvgIpc) is 2.13. The van der Waals surface area contributed by atoms with Crippen LogP contribution in [0.4, 0.5) is 0 Å². The molecule has 3 N–H and O–H groups in total. The molecule has 1 atom stereocenters. The third-order valence-corrected chi connectivity index (χ3v) is 2.93. The normalized spacial score (nSPS) is 12.9. The summed E-state index contributed by atoms with van der Waals surface area (Å²) in [4.78, 5) is 0. The van der Waals surface area contributed by atoms with Crippen LogP contribution in [0.2, 0.25) is 5.02 Å². The second kappa shape index (κ2) is 4.67. The van der Waals surface area contributed by atoms with Crippen LogP contribution in [0.15, 0.2) is 12.1 Å². The summed E-state index contributed by atoms with van der Waals surface area (Å²) in [5.74, 6) is 0.562. The predicted octanol–water partition coefficient (Wildman–Crippen LogP) is 2.81. The van der Waals surface area contributed by atoms with E-state index in [1.807, 2.05) is 13.8 Å². The third kappa shape index (κ3) is 2.20. The molecule has 2 nitrogen and oxygen atoms in total. The van der Waals surface area contributed by atoms with Gasteiger partial charge in [0.2, 0.25) is 0 Å². The van der Waals surface area contributed by atoms with Gasteiger partial charge in [-0.2, -0.15) is 0 Å². The molecular formula is C11H16ClNO. The fraction of sp³-hybridized carbons (Fsp3) is 0.455. The monoisotopic (exact) mass is 213 g/mol. The van der Waals surface area contributed by atoms with Gasteiger partial charge < -0.3 is 10.8 Å². The summed E-state index contributed by atoms with van der Waals surface area (Å²) in [6.07, 6.45) is 0.856. The predicted molar refractivity (Wildman–Crippen MR) is 59.9 cm³/mol. The van der Waals surface area contributed by atoms with Crippen LogP contribution in [0, 0.1) is 6.92 Å². The summed E-state index contributed by atoms with van der Waals surface area (Å²) in [5, 5.41) is 10.4. The fourth-order valence-corrected chi connectivity index (χ4v) is 1.87. The lowest BCUT2D eigenvalue weighted by Gasteiger charge is -2.16. The number of hydrogen-bond donors (Lipinski definition) is 2. The van der Waals surface area contributed by atoms with E-state index in [4.69, 9.17) is 17.3 Å². The summed E-state index contributed by atoms with van der Waals surface area (Å²) in [6.45, 7) is 4.59. The van der Waals surface area contributed by atoms with Crippen LogP contribution in [-0.4, -0.2) is 11.7 Å². The molecule has 0 fully saturated rings. The lowest BCUT2D eigenvalue weighted by atomic mass is 9.93.